The summed E-state index contributed by atoms with van der Waals surface area (Å²) < 4.78 is 0. The first-order valence-electron chi connectivity index (χ1n) is 5.88. The van der Waals surface area contributed by atoms with Gasteiger partial charge in [-0.1, -0.05) is 0 Å². The highest BCUT2D eigenvalue weighted by atomic mass is 16.6. The molecule has 20 heavy (non-hydrogen) atoms. The molecule has 7 nitrogen and oxygen atoms in total. The number of rotatable bonds is 2. The maximum absolute atomic E-state index is 11.9. The zero-order valence-corrected chi connectivity index (χ0v) is 10.5. The number of aromatic nitrogens is 3. The Balaban J connectivity index is 2.31. The molecule has 2 heterocycles. The Labute approximate surface area is 112 Å². The summed E-state index contributed by atoms with van der Waals surface area (Å²) in [5, 5.41) is 17.7. The van der Waals surface area contributed by atoms with Crippen molar-refractivity contribution in [2.75, 3.05) is 0 Å². The molecule has 0 radical (unpaired) electrons. The van der Waals surface area contributed by atoms with E-state index in [2.05, 4.69) is 15.2 Å². The van der Waals surface area contributed by atoms with Gasteiger partial charge in [-0.15, -0.1) is 0 Å². The molecule has 0 atom stereocenters. The third-order valence-electron chi connectivity index (χ3n) is 3.10. The van der Waals surface area contributed by atoms with Crippen LogP contribution < -0.4 is 5.56 Å². The highest BCUT2D eigenvalue weighted by Gasteiger charge is 2.14. The molecule has 3 rings (SSSR count). The quantitative estimate of drug-likeness (QED) is 0.549. The predicted molar refractivity (Wildman–Crippen MR) is 73.5 cm³/mol. The van der Waals surface area contributed by atoms with Crippen LogP contribution in [0.25, 0.3) is 22.0 Å². The Morgan fingerprint density at radius 2 is 2.05 bits per heavy atom. The van der Waals surface area contributed by atoms with Gasteiger partial charge in [0.15, 0.2) is 0 Å². The van der Waals surface area contributed by atoms with E-state index in [9.17, 15) is 14.9 Å². The predicted octanol–water partition coefficient (Wildman–Crippen LogP) is 2.13. The molecule has 0 aliphatic carbocycles. The molecule has 2 aromatic heterocycles. The van der Waals surface area contributed by atoms with Crippen molar-refractivity contribution < 1.29 is 4.92 Å². The van der Waals surface area contributed by atoms with Gasteiger partial charge in [-0.25, -0.2) is 5.10 Å². The van der Waals surface area contributed by atoms with Gasteiger partial charge in [0, 0.05) is 34.8 Å². The second-order valence-electron chi connectivity index (χ2n) is 4.44. The van der Waals surface area contributed by atoms with Crippen molar-refractivity contribution >= 4 is 16.6 Å². The van der Waals surface area contributed by atoms with E-state index in [-0.39, 0.29) is 11.2 Å². The third-order valence-corrected chi connectivity index (χ3v) is 3.10. The first-order chi connectivity index (χ1) is 9.56. The molecule has 0 fully saturated rings. The molecule has 100 valence electrons. The molecule has 0 aliphatic heterocycles. The monoisotopic (exact) mass is 270 g/mol. The number of non-ortho nitro benzene ring substituents is 1. The molecule has 0 bridgehead atoms. The molecule has 7 heteroatoms. The minimum Gasteiger partial charge on any atom is -0.361 e. The Morgan fingerprint density at radius 3 is 2.80 bits per heavy atom. The molecule has 0 aliphatic rings. The van der Waals surface area contributed by atoms with E-state index in [1.165, 1.54) is 12.1 Å². The van der Waals surface area contributed by atoms with Gasteiger partial charge in [0.05, 0.1) is 16.2 Å². The van der Waals surface area contributed by atoms with Gasteiger partial charge in [-0.2, -0.15) is 5.10 Å². The van der Waals surface area contributed by atoms with E-state index in [4.69, 9.17) is 0 Å². The number of hydrogen-bond acceptors (Lipinski definition) is 4. The number of nitro benzene ring substituents is 1. The van der Waals surface area contributed by atoms with E-state index < -0.39 is 4.92 Å². The lowest BCUT2D eigenvalue weighted by atomic mass is 10.1. The number of aryl methyl sites for hydroxylation is 1. The van der Waals surface area contributed by atoms with Crippen molar-refractivity contribution in [3.8, 4) is 11.1 Å². The van der Waals surface area contributed by atoms with Crippen LogP contribution in [0.1, 0.15) is 5.69 Å². The van der Waals surface area contributed by atoms with Gasteiger partial charge in [0.25, 0.3) is 11.2 Å². The second-order valence-corrected chi connectivity index (χ2v) is 4.44. The number of aromatic amines is 2. The standard InChI is InChI=1S/C13H10N4O3/c1-7-4-10(13(18)16-15-7)11-6-14-12-3-2-8(17(19)20)5-9(11)12/h2-6,14H,1H3,(H,16,18). The van der Waals surface area contributed by atoms with Crippen molar-refractivity contribution in [1.82, 2.24) is 15.2 Å². The zero-order chi connectivity index (χ0) is 14.3. The summed E-state index contributed by atoms with van der Waals surface area (Å²) in [6.07, 6.45) is 1.67. The summed E-state index contributed by atoms with van der Waals surface area (Å²) in [7, 11) is 0. The van der Waals surface area contributed by atoms with Crippen molar-refractivity contribution in [2.24, 2.45) is 0 Å². The fraction of sp³-hybridized carbons (Fsp3) is 0.0769. The average Bonchev–Trinajstić information content (AvgIpc) is 2.84. The summed E-state index contributed by atoms with van der Waals surface area (Å²) in [4.78, 5) is 25.3. The largest absolute Gasteiger partial charge is 0.361 e. The van der Waals surface area contributed by atoms with E-state index >= 15 is 0 Å². The van der Waals surface area contributed by atoms with Gasteiger partial charge in [0.1, 0.15) is 0 Å². The minimum atomic E-state index is -0.460. The lowest BCUT2D eigenvalue weighted by molar-refractivity contribution is -0.384. The maximum atomic E-state index is 11.9. The van der Waals surface area contributed by atoms with Crippen molar-refractivity contribution in [3.63, 3.8) is 0 Å². The van der Waals surface area contributed by atoms with Crippen LogP contribution in [-0.4, -0.2) is 20.1 Å². The van der Waals surface area contributed by atoms with Crippen LogP contribution in [0, 0.1) is 17.0 Å². The fourth-order valence-electron chi connectivity index (χ4n) is 2.15. The molecule has 2 N–H and O–H groups in total. The SMILES string of the molecule is Cc1cc(-c2c[nH]c3ccc([N+](=O)[O-])cc23)c(=O)[nH]n1. The summed E-state index contributed by atoms with van der Waals surface area (Å²) in [6.45, 7) is 1.76. The molecular formula is C13H10N4O3. The summed E-state index contributed by atoms with van der Waals surface area (Å²) >= 11 is 0. The van der Waals surface area contributed by atoms with Crippen LogP contribution in [0.5, 0.6) is 0 Å². The summed E-state index contributed by atoms with van der Waals surface area (Å²) in [5.74, 6) is 0. The highest BCUT2D eigenvalue weighted by Crippen LogP contribution is 2.29. The molecule has 0 saturated carbocycles. The van der Waals surface area contributed by atoms with E-state index in [1.807, 2.05) is 0 Å². The van der Waals surface area contributed by atoms with Crippen LogP contribution in [0.2, 0.25) is 0 Å². The van der Waals surface area contributed by atoms with Gasteiger partial charge >= 0.3 is 0 Å². The number of H-pyrrole nitrogens is 2. The third kappa shape index (κ3) is 1.85. The van der Waals surface area contributed by atoms with E-state index in [0.717, 1.165) is 5.52 Å². The van der Waals surface area contributed by atoms with E-state index in [0.29, 0.717) is 22.2 Å². The lowest BCUT2D eigenvalue weighted by Crippen LogP contribution is -2.11. The van der Waals surface area contributed by atoms with E-state index in [1.54, 1.807) is 25.3 Å². The first-order valence-corrected chi connectivity index (χ1v) is 5.88. The second kappa shape index (κ2) is 4.30. The van der Waals surface area contributed by atoms with Crippen molar-refractivity contribution in [2.45, 2.75) is 6.92 Å². The molecule has 0 amide bonds. The Bertz CT molecular complexity index is 879. The lowest BCUT2D eigenvalue weighted by Gasteiger charge is -2.00. The summed E-state index contributed by atoms with van der Waals surface area (Å²) in [5.41, 5.74) is 2.11. The number of nitrogens with one attached hydrogen (secondary N) is 2. The van der Waals surface area contributed by atoms with Crippen molar-refractivity contribution in [1.29, 1.82) is 0 Å². The number of nitro groups is 1. The molecule has 0 unspecified atom stereocenters. The molecule has 3 aromatic rings. The topological polar surface area (TPSA) is 105 Å². The Kier molecular flexibility index (Phi) is 2.60. The molecule has 0 saturated heterocycles. The minimum absolute atomic E-state index is 0.0134. The van der Waals surface area contributed by atoms with Gasteiger partial charge < -0.3 is 4.98 Å². The van der Waals surface area contributed by atoms with Crippen LogP contribution in [0.15, 0.2) is 35.3 Å². The van der Waals surface area contributed by atoms with Gasteiger partial charge in [-0.05, 0) is 19.1 Å². The first kappa shape index (κ1) is 12.1. The Hall–Kier alpha value is -2.96. The molecule has 1 aromatic carbocycles. The highest BCUT2D eigenvalue weighted by molar-refractivity contribution is 5.96. The van der Waals surface area contributed by atoms with Crippen LogP contribution in [0.3, 0.4) is 0 Å². The van der Waals surface area contributed by atoms with Crippen LogP contribution in [0.4, 0.5) is 5.69 Å². The van der Waals surface area contributed by atoms with Gasteiger partial charge in [0.2, 0.25) is 0 Å². The Morgan fingerprint density at radius 1 is 1.25 bits per heavy atom. The maximum Gasteiger partial charge on any atom is 0.272 e. The van der Waals surface area contributed by atoms with Crippen molar-refractivity contribution in [3.05, 3.63) is 56.6 Å². The number of nitrogens with zero attached hydrogens (tertiary/aromatic N) is 2. The van der Waals surface area contributed by atoms with Gasteiger partial charge in [-0.3, -0.25) is 14.9 Å². The molecule has 0 spiro atoms. The number of hydrogen-bond donors (Lipinski definition) is 2. The summed E-state index contributed by atoms with van der Waals surface area (Å²) in [6, 6.07) is 6.15. The van der Waals surface area contributed by atoms with Crippen LogP contribution in [-0.2, 0) is 0 Å². The number of benzene rings is 1. The fourth-order valence-corrected chi connectivity index (χ4v) is 2.15. The van der Waals surface area contributed by atoms with Crippen LogP contribution >= 0.6 is 0 Å². The number of fused-ring (bicyclic) bond motifs is 1. The zero-order valence-electron chi connectivity index (χ0n) is 10.5. The average molecular weight is 270 g/mol. The smallest absolute Gasteiger partial charge is 0.272 e. The normalized spacial score (nSPS) is 10.8. The molecular weight excluding hydrogens is 260 g/mol.